The molecule has 1 aromatic heterocycles. The van der Waals surface area contributed by atoms with Crippen molar-refractivity contribution in [3.8, 4) is 0 Å². The van der Waals surface area contributed by atoms with Crippen molar-refractivity contribution in [2.75, 3.05) is 6.54 Å². The van der Waals surface area contributed by atoms with Crippen molar-refractivity contribution in [1.82, 2.24) is 9.55 Å². The number of fused-ring (bicyclic) bond motifs is 1. The van der Waals surface area contributed by atoms with Gasteiger partial charge < -0.3 is 10.3 Å². The van der Waals surface area contributed by atoms with Crippen LogP contribution < -0.4 is 5.73 Å². The first-order valence-electron chi connectivity index (χ1n) is 6.32. The molecule has 0 aliphatic rings. The van der Waals surface area contributed by atoms with E-state index in [1.807, 2.05) is 6.07 Å². The summed E-state index contributed by atoms with van der Waals surface area (Å²) < 4.78 is 2.33. The minimum absolute atomic E-state index is 0.412. The van der Waals surface area contributed by atoms with Crippen LogP contribution in [0, 0.1) is 0 Å². The largest absolute Gasteiger partial charge is 0.330 e. The van der Waals surface area contributed by atoms with Gasteiger partial charge in [0.25, 0.3) is 0 Å². The summed E-state index contributed by atoms with van der Waals surface area (Å²) >= 11 is 0. The Balaban J connectivity index is 2.57. The Morgan fingerprint density at radius 1 is 1.24 bits per heavy atom. The van der Waals surface area contributed by atoms with Crippen LogP contribution in [0.25, 0.3) is 11.0 Å². The average Bonchev–Trinajstić information content (AvgIpc) is 2.68. The van der Waals surface area contributed by atoms with Crippen LogP contribution in [0.5, 0.6) is 0 Å². The van der Waals surface area contributed by atoms with Crippen molar-refractivity contribution in [3.63, 3.8) is 0 Å². The van der Waals surface area contributed by atoms with E-state index in [9.17, 15) is 0 Å². The molecule has 17 heavy (non-hydrogen) atoms. The molecule has 2 rings (SSSR count). The zero-order valence-electron chi connectivity index (χ0n) is 10.9. The molecule has 2 N–H and O–H groups in total. The van der Waals surface area contributed by atoms with E-state index in [1.165, 1.54) is 5.52 Å². The second kappa shape index (κ2) is 4.88. The van der Waals surface area contributed by atoms with Crippen LogP contribution in [0.3, 0.4) is 0 Å². The van der Waals surface area contributed by atoms with E-state index in [2.05, 4.69) is 43.5 Å². The second-order valence-corrected chi connectivity index (χ2v) is 4.90. The number of benzene rings is 1. The van der Waals surface area contributed by atoms with Crippen molar-refractivity contribution in [2.24, 2.45) is 5.73 Å². The van der Waals surface area contributed by atoms with Gasteiger partial charge in [-0.1, -0.05) is 19.1 Å². The lowest BCUT2D eigenvalue weighted by atomic mass is 10.1. The zero-order valence-corrected chi connectivity index (χ0v) is 10.9. The Morgan fingerprint density at radius 2 is 1.94 bits per heavy atom. The Labute approximate surface area is 103 Å². The molecule has 1 aromatic carbocycles. The van der Waals surface area contributed by atoms with Gasteiger partial charge in [0.15, 0.2) is 0 Å². The summed E-state index contributed by atoms with van der Waals surface area (Å²) in [4.78, 5) is 4.76. The molecule has 3 nitrogen and oxygen atoms in total. The van der Waals surface area contributed by atoms with Crippen LogP contribution in [0.2, 0.25) is 0 Å². The molecule has 3 heteroatoms. The number of aromatic nitrogens is 2. The molecule has 0 bridgehead atoms. The maximum Gasteiger partial charge on any atom is 0.113 e. The van der Waals surface area contributed by atoms with E-state index < -0.39 is 0 Å². The number of rotatable bonds is 4. The van der Waals surface area contributed by atoms with E-state index in [0.717, 1.165) is 17.8 Å². The van der Waals surface area contributed by atoms with E-state index >= 15 is 0 Å². The Hall–Kier alpha value is -1.35. The van der Waals surface area contributed by atoms with Gasteiger partial charge in [-0.15, -0.1) is 0 Å². The van der Waals surface area contributed by atoms with Crippen molar-refractivity contribution in [3.05, 3.63) is 30.1 Å². The van der Waals surface area contributed by atoms with Crippen LogP contribution in [-0.2, 0) is 0 Å². The van der Waals surface area contributed by atoms with Gasteiger partial charge in [0.05, 0.1) is 11.0 Å². The van der Waals surface area contributed by atoms with Gasteiger partial charge >= 0.3 is 0 Å². The summed E-state index contributed by atoms with van der Waals surface area (Å²) in [6.45, 7) is 7.31. The van der Waals surface area contributed by atoms with Gasteiger partial charge in [-0.25, -0.2) is 4.98 Å². The molecular formula is C14H21N3. The highest BCUT2D eigenvalue weighted by atomic mass is 15.1. The van der Waals surface area contributed by atoms with Gasteiger partial charge in [0.1, 0.15) is 5.82 Å². The number of hydrogen-bond donors (Lipinski definition) is 1. The highest BCUT2D eigenvalue weighted by molar-refractivity contribution is 5.76. The first kappa shape index (κ1) is 12.1. The van der Waals surface area contributed by atoms with Crippen molar-refractivity contribution in [2.45, 2.75) is 39.2 Å². The fourth-order valence-electron chi connectivity index (χ4n) is 2.33. The molecule has 0 aliphatic heterocycles. The van der Waals surface area contributed by atoms with Gasteiger partial charge in [-0.3, -0.25) is 0 Å². The van der Waals surface area contributed by atoms with Crippen molar-refractivity contribution < 1.29 is 0 Å². The highest BCUT2D eigenvalue weighted by Gasteiger charge is 2.17. The average molecular weight is 231 g/mol. The van der Waals surface area contributed by atoms with Crippen molar-refractivity contribution in [1.29, 1.82) is 0 Å². The lowest BCUT2D eigenvalue weighted by molar-refractivity contribution is 0.538. The highest BCUT2D eigenvalue weighted by Crippen LogP contribution is 2.27. The molecule has 0 aliphatic carbocycles. The van der Waals surface area contributed by atoms with E-state index in [-0.39, 0.29) is 0 Å². The molecular weight excluding hydrogens is 210 g/mol. The normalized spacial score (nSPS) is 13.5. The van der Waals surface area contributed by atoms with E-state index in [0.29, 0.717) is 18.5 Å². The minimum atomic E-state index is 0.412. The van der Waals surface area contributed by atoms with Gasteiger partial charge in [-0.05, 0) is 38.9 Å². The lowest BCUT2D eigenvalue weighted by Gasteiger charge is -2.17. The predicted octanol–water partition coefficient (Wildman–Crippen LogP) is 3.07. The Morgan fingerprint density at radius 3 is 2.59 bits per heavy atom. The maximum absolute atomic E-state index is 5.65. The minimum Gasteiger partial charge on any atom is -0.330 e. The third-order valence-corrected chi connectivity index (χ3v) is 3.18. The molecule has 0 spiro atoms. The summed E-state index contributed by atoms with van der Waals surface area (Å²) in [5.74, 6) is 1.57. The van der Waals surface area contributed by atoms with E-state index in [1.54, 1.807) is 0 Å². The third kappa shape index (κ3) is 2.20. The number of nitrogens with zero attached hydrogens (tertiary/aromatic N) is 2. The number of imidazole rings is 1. The second-order valence-electron chi connectivity index (χ2n) is 4.90. The molecule has 0 saturated heterocycles. The first-order chi connectivity index (χ1) is 8.15. The smallest absolute Gasteiger partial charge is 0.113 e. The van der Waals surface area contributed by atoms with Crippen LogP contribution >= 0.6 is 0 Å². The van der Waals surface area contributed by atoms with Crippen LogP contribution in [0.15, 0.2) is 24.3 Å². The monoisotopic (exact) mass is 231 g/mol. The van der Waals surface area contributed by atoms with Crippen LogP contribution in [-0.4, -0.2) is 16.1 Å². The van der Waals surface area contributed by atoms with Crippen molar-refractivity contribution >= 4 is 11.0 Å². The molecule has 1 unspecified atom stereocenters. The SMILES string of the molecule is CC(CCN)c1nc2ccccc2n1C(C)C. The summed E-state index contributed by atoms with van der Waals surface area (Å²) in [5.41, 5.74) is 7.96. The zero-order chi connectivity index (χ0) is 12.4. The number of para-hydroxylation sites is 2. The van der Waals surface area contributed by atoms with Gasteiger partial charge in [-0.2, -0.15) is 0 Å². The van der Waals surface area contributed by atoms with Crippen LogP contribution in [0.4, 0.5) is 0 Å². The standard InChI is InChI=1S/C14H21N3/c1-10(2)17-13-7-5-4-6-12(13)16-14(17)11(3)8-9-15/h4-7,10-11H,8-9,15H2,1-3H3. The summed E-state index contributed by atoms with van der Waals surface area (Å²) in [7, 11) is 0. The Bertz CT molecular complexity index is 499. The predicted molar refractivity (Wildman–Crippen MR) is 72.2 cm³/mol. The summed E-state index contributed by atoms with van der Waals surface area (Å²) in [6.07, 6.45) is 0.982. The molecule has 0 saturated carbocycles. The maximum atomic E-state index is 5.65. The molecule has 1 heterocycles. The quantitative estimate of drug-likeness (QED) is 0.878. The van der Waals surface area contributed by atoms with Gasteiger partial charge in [0.2, 0.25) is 0 Å². The topological polar surface area (TPSA) is 43.8 Å². The summed E-state index contributed by atoms with van der Waals surface area (Å²) in [5, 5.41) is 0. The first-order valence-corrected chi connectivity index (χ1v) is 6.32. The van der Waals surface area contributed by atoms with Gasteiger partial charge in [0, 0.05) is 12.0 Å². The number of nitrogens with two attached hydrogens (primary N) is 1. The third-order valence-electron chi connectivity index (χ3n) is 3.18. The van der Waals surface area contributed by atoms with Crippen LogP contribution in [0.1, 0.15) is 45.0 Å². The number of hydrogen-bond acceptors (Lipinski definition) is 2. The molecule has 2 aromatic rings. The fraction of sp³-hybridized carbons (Fsp3) is 0.500. The summed E-state index contributed by atoms with van der Waals surface area (Å²) in [6, 6.07) is 8.75. The molecule has 0 amide bonds. The molecule has 0 fully saturated rings. The Kier molecular flexibility index (Phi) is 3.48. The molecule has 92 valence electrons. The fourth-order valence-corrected chi connectivity index (χ4v) is 2.33. The molecule has 0 radical (unpaired) electrons. The van der Waals surface area contributed by atoms with E-state index in [4.69, 9.17) is 10.7 Å². The molecule has 1 atom stereocenters. The lowest BCUT2D eigenvalue weighted by Crippen LogP contribution is -2.12.